The van der Waals surface area contributed by atoms with Crippen molar-refractivity contribution in [1.29, 1.82) is 0 Å². The molecule has 1 rings (SSSR count). The Kier molecular flexibility index (Phi) is 21.6. The number of nitrogens with zero attached hydrogens (tertiary/aromatic N) is 1. The third-order valence-corrected chi connectivity index (χ3v) is 3.18. The summed E-state index contributed by atoms with van der Waals surface area (Å²) in [7, 11) is 0. The number of hydrogen-bond donors (Lipinski definition) is 0. The van der Waals surface area contributed by atoms with Crippen molar-refractivity contribution in [2.24, 2.45) is 5.41 Å². The van der Waals surface area contributed by atoms with Crippen molar-refractivity contribution in [1.82, 2.24) is 0 Å². The van der Waals surface area contributed by atoms with Gasteiger partial charge in [0.15, 0.2) is 0 Å². The minimum absolute atomic E-state index is 0. The van der Waals surface area contributed by atoms with E-state index < -0.39 is 0 Å². The molecule has 0 heterocycles. The molecule has 25 heavy (non-hydrogen) atoms. The molecule has 136 valence electrons. The van der Waals surface area contributed by atoms with E-state index in [0.29, 0.717) is 6.54 Å². The molecular weight excluding hydrogens is 358 g/mol. The third-order valence-electron chi connectivity index (χ3n) is 3.18. The van der Waals surface area contributed by atoms with Crippen LogP contribution in [0.25, 0.3) is 0 Å². The number of para-hydroxylation sites is 1. The van der Waals surface area contributed by atoms with E-state index in [2.05, 4.69) is 52.0 Å². The molecule has 0 spiro atoms. The Morgan fingerprint density at radius 2 is 1.48 bits per heavy atom. The minimum atomic E-state index is -0.344. The predicted octanol–water partition coefficient (Wildman–Crippen LogP) is 3.84. The molecule has 0 radical (unpaired) electrons. The SMILES string of the molecule is CCc1cccc(C)c1N(CC)C(=O)C(C)(C)C.[C-]#[O+].[C-]#[O+].[C-]#[O+].[Cr]. The zero-order valence-corrected chi connectivity index (χ0v) is 16.9. The quantitative estimate of drug-likeness (QED) is 0.577. The number of carbonyl (C=O) groups excluding carboxylic acids is 1. The van der Waals surface area contributed by atoms with Gasteiger partial charge in [-0.25, -0.2) is 0 Å². The summed E-state index contributed by atoms with van der Waals surface area (Å²) >= 11 is 0. The number of benzene rings is 1. The fraction of sp³-hybridized carbons (Fsp3) is 0.474. The fourth-order valence-electron chi connectivity index (χ4n) is 2.20. The van der Waals surface area contributed by atoms with Gasteiger partial charge < -0.3 is 4.90 Å². The number of aryl methyl sites for hydroxylation is 2. The van der Waals surface area contributed by atoms with E-state index >= 15 is 0 Å². The molecule has 1 amide bonds. The van der Waals surface area contributed by atoms with Crippen LogP contribution in [0, 0.1) is 32.3 Å². The first-order valence-electron chi connectivity index (χ1n) is 7.34. The van der Waals surface area contributed by atoms with Gasteiger partial charge in [0.2, 0.25) is 5.91 Å². The normalized spacial score (nSPS) is 8.48. The zero-order chi connectivity index (χ0) is 19.9. The Labute approximate surface area is 162 Å². The summed E-state index contributed by atoms with van der Waals surface area (Å²) in [5.74, 6) is 0.189. The smallest absolute Gasteiger partial charge is 0 e. The first-order valence-corrected chi connectivity index (χ1v) is 7.34. The van der Waals surface area contributed by atoms with Crippen LogP contribution in [0.3, 0.4) is 0 Å². The topological polar surface area (TPSA) is 80.0 Å². The van der Waals surface area contributed by atoms with Crippen LogP contribution < -0.4 is 4.90 Å². The van der Waals surface area contributed by atoms with Crippen molar-refractivity contribution in [3.63, 3.8) is 0 Å². The van der Waals surface area contributed by atoms with Gasteiger partial charge in [-0.2, -0.15) is 0 Å². The molecule has 0 unspecified atom stereocenters. The molecule has 0 N–H and O–H groups in total. The maximum atomic E-state index is 12.5. The Hall–Kier alpha value is -1.56. The monoisotopic (exact) mass is 383 g/mol. The van der Waals surface area contributed by atoms with Crippen molar-refractivity contribution >= 4 is 11.6 Å². The van der Waals surface area contributed by atoms with Crippen molar-refractivity contribution in [3.05, 3.63) is 49.3 Å². The second-order valence-corrected chi connectivity index (χ2v) is 5.74. The van der Waals surface area contributed by atoms with Crippen LogP contribution in [0.1, 0.15) is 45.7 Å². The van der Waals surface area contributed by atoms with Crippen LogP contribution in [-0.2, 0) is 42.5 Å². The largest absolute Gasteiger partial charge is 0 e. The van der Waals surface area contributed by atoms with E-state index in [1.807, 2.05) is 32.6 Å². The van der Waals surface area contributed by atoms with Gasteiger partial charge in [-0.3, -0.25) is 4.79 Å². The first kappa shape index (κ1) is 31.2. The number of amides is 1. The third kappa shape index (κ3) is 10.1. The van der Waals surface area contributed by atoms with E-state index in [9.17, 15) is 4.79 Å². The Morgan fingerprint density at radius 1 is 1.04 bits per heavy atom. The molecule has 1 aromatic rings. The predicted molar refractivity (Wildman–Crippen MR) is 89.8 cm³/mol. The standard InChI is InChI=1S/C16H25NO.3CO.Cr/c1-7-13-11-9-10-12(3)14(13)17(8-2)15(18)16(4,5)6;3*1-2;/h9-11H,7-8H2,1-6H3;;;;. The maximum absolute atomic E-state index is 12.5. The van der Waals surface area contributed by atoms with E-state index in [4.69, 9.17) is 14.0 Å². The van der Waals surface area contributed by atoms with Gasteiger partial charge in [-0.05, 0) is 31.4 Å². The molecule has 1 aromatic carbocycles. The van der Waals surface area contributed by atoms with Crippen LogP contribution in [-0.4, -0.2) is 12.5 Å². The molecule has 0 atom stereocenters. The van der Waals surface area contributed by atoms with Crippen molar-refractivity contribution in [2.45, 2.75) is 48.0 Å². The number of anilines is 1. The van der Waals surface area contributed by atoms with E-state index in [1.54, 1.807) is 0 Å². The average Bonchev–Trinajstić information content (AvgIpc) is 2.61. The Bertz CT molecular complexity index is 543. The van der Waals surface area contributed by atoms with E-state index in [1.165, 1.54) is 11.1 Å². The maximum Gasteiger partial charge on any atom is 0 e. The van der Waals surface area contributed by atoms with Gasteiger partial charge in [0.1, 0.15) is 0 Å². The molecule has 0 bridgehead atoms. The van der Waals surface area contributed by atoms with Crippen LogP contribution >= 0.6 is 0 Å². The summed E-state index contributed by atoms with van der Waals surface area (Å²) in [6.07, 6.45) is 0.949. The van der Waals surface area contributed by atoms with Gasteiger partial charge in [0.05, 0.1) is 0 Å². The van der Waals surface area contributed by atoms with Gasteiger partial charge in [-0.15, -0.1) is 0 Å². The van der Waals surface area contributed by atoms with Crippen molar-refractivity contribution < 1.29 is 36.1 Å². The molecular formula is C19H25CrNO4. The van der Waals surface area contributed by atoms with Crippen LogP contribution in [0.4, 0.5) is 5.69 Å². The Morgan fingerprint density at radius 3 is 1.80 bits per heavy atom. The second-order valence-electron chi connectivity index (χ2n) is 5.74. The molecule has 0 aliphatic rings. The van der Waals surface area contributed by atoms with Crippen molar-refractivity contribution in [3.8, 4) is 0 Å². The molecule has 5 nitrogen and oxygen atoms in total. The molecule has 0 saturated carbocycles. The second kappa shape index (κ2) is 17.3. The Balaban J connectivity index is -0.000000284. The molecule has 0 saturated heterocycles. The zero-order valence-electron chi connectivity index (χ0n) is 15.6. The number of carbonyl (C=O) groups is 1. The molecule has 6 heteroatoms. The van der Waals surface area contributed by atoms with Gasteiger partial charge in [0, 0.05) is 35.0 Å². The van der Waals surface area contributed by atoms with Crippen LogP contribution in [0.5, 0.6) is 0 Å². The summed E-state index contributed by atoms with van der Waals surface area (Å²) in [5.41, 5.74) is 3.18. The molecule has 0 aromatic heterocycles. The van der Waals surface area contributed by atoms with Gasteiger partial charge in [-0.1, -0.05) is 45.9 Å². The van der Waals surface area contributed by atoms with Gasteiger partial charge in [0.25, 0.3) is 0 Å². The first-order chi connectivity index (χ1) is 11.3. The van der Waals surface area contributed by atoms with Gasteiger partial charge >= 0.3 is 33.9 Å². The van der Waals surface area contributed by atoms with Crippen LogP contribution in [0.15, 0.2) is 18.2 Å². The van der Waals surface area contributed by atoms with E-state index in [0.717, 1.165) is 12.1 Å². The average molecular weight is 383 g/mol. The summed E-state index contributed by atoms with van der Waals surface area (Å²) < 4.78 is 22.5. The minimum Gasteiger partial charge on any atom is 0 e. The molecule has 0 aliphatic heterocycles. The van der Waals surface area contributed by atoms with E-state index in [-0.39, 0.29) is 28.7 Å². The summed E-state index contributed by atoms with van der Waals surface area (Å²) in [4.78, 5) is 14.5. The number of rotatable bonds is 3. The summed E-state index contributed by atoms with van der Waals surface area (Å²) in [6.45, 7) is 26.4. The molecule has 0 aliphatic carbocycles. The summed E-state index contributed by atoms with van der Waals surface area (Å²) in [6, 6.07) is 6.25. The van der Waals surface area contributed by atoms with Crippen LogP contribution in [0.2, 0.25) is 0 Å². The number of hydrogen-bond acceptors (Lipinski definition) is 1. The summed E-state index contributed by atoms with van der Waals surface area (Å²) in [5, 5.41) is 0. The van der Waals surface area contributed by atoms with Crippen molar-refractivity contribution in [2.75, 3.05) is 11.4 Å². The molecule has 0 fully saturated rings. The fourth-order valence-corrected chi connectivity index (χ4v) is 2.20.